The van der Waals surface area contributed by atoms with Crippen molar-refractivity contribution in [2.45, 2.75) is 6.92 Å². The van der Waals surface area contributed by atoms with Gasteiger partial charge in [0.2, 0.25) is 5.95 Å². The third-order valence-electron chi connectivity index (χ3n) is 3.72. The van der Waals surface area contributed by atoms with Crippen LogP contribution in [0.25, 0.3) is 0 Å². The minimum absolute atomic E-state index is 0.205. The standard InChI is InChI=1S/C20H17FN4O4/c1-12-9-18(26)24-20(23-12)25-22-11-13-3-8-16(17(10-13)28-2)29-19(27)14-4-6-15(21)7-5-14/h3-11H,1-2H3,(H2,23,24,25,26)/b22-11-. The summed E-state index contributed by atoms with van der Waals surface area (Å²) in [6, 6.07) is 11.2. The molecular formula is C20H17FN4O4. The fourth-order valence-corrected chi connectivity index (χ4v) is 2.39. The average Bonchev–Trinajstić information content (AvgIpc) is 2.68. The molecule has 1 aromatic heterocycles. The lowest BCUT2D eigenvalue weighted by Crippen LogP contribution is -2.10. The zero-order chi connectivity index (χ0) is 20.8. The third kappa shape index (κ3) is 5.25. The number of aryl methyl sites for hydroxylation is 1. The first kappa shape index (κ1) is 19.7. The van der Waals surface area contributed by atoms with Gasteiger partial charge in [0, 0.05) is 11.8 Å². The first-order valence-electron chi connectivity index (χ1n) is 8.47. The number of carbonyl (C=O) groups is 1. The van der Waals surface area contributed by atoms with E-state index in [9.17, 15) is 14.0 Å². The molecule has 2 aromatic carbocycles. The highest BCUT2D eigenvalue weighted by Crippen LogP contribution is 2.28. The minimum atomic E-state index is -0.638. The molecule has 0 fully saturated rings. The van der Waals surface area contributed by atoms with Gasteiger partial charge in [-0.15, -0.1) is 0 Å². The maximum absolute atomic E-state index is 13.0. The Morgan fingerprint density at radius 1 is 1.17 bits per heavy atom. The van der Waals surface area contributed by atoms with Crippen LogP contribution in [0.15, 0.2) is 58.4 Å². The maximum atomic E-state index is 13.0. The number of carbonyl (C=O) groups excluding carboxylic acids is 1. The highest BCUT2D eigenvalue weighted by atomic mass is 19.1. The lowest BCUT2D eigenvalue weighted by atomic mass is 10.2. The molecule has 29 heavy (non-hydrogen) atoms. The number of esters is 1. The number of methoxy groups -OCH3 is 1. The van der Waals surface area contributed by atoms with Crippen molar-refractivity contribution < 1.29 is 18.7 Å². The number of benzene rings is 2. The van der Waals surface area contributed by atoms with Crippen molar-refractivity contribution in [2.75, 3.05) is 12.5 Å². The van der Waals surface area contributed by atoms with Gasteiger partial charge in [0.15, 0.2) is 11.5 Å². The molecular weight excluding hydrogens is 379 g/mol. The summed E-state index contributed by atoms with van der Waals surface area (Å²) in [7, 11) is 1.44. The van der Waals surface area contributed by atoms with Crippen LogP contribution in [-0.2, 0) is 0 Å². The Morgan fingerprint density at radius 3 is 2.62 bits per heavy atom. The number of nitrogens with one attached hydrogen (secondary N) is 2. The van der Waals surface area contributed by atoms with E-state index >= 15 is 0 Å². The van der Waals surface area contributed by atoms with Crippen LogP contribution in [0, 0.1) is 12.7 Å². The number of anilines is 1. The van der Waals surface area contributed by atoms with Crippen molar-refractivity contribution in [1.82, 2.24) is 9.97 Å². The van der Waals surface area contributed by atoms with Crippen LogP contribution in [0.4, 0.5) is 10.3 Å². The van der Waals surface area contributed by atoms with Gasteiger partial charge in [0.25, 0.3) is 5.56 Å². The molecule has 0 saturated carbocycles. The van der Waals surface area contributed by atoms with Crippen LogP contribution in [0.1, 0.15) is 21.6 Å². The number of hydrogen-bond donors (Lipinski definition) is 2. The molecule has 0 aliphatic carbocycles. The molecule has 0 amide bonds. The molecule has 1 heterocycles. The Kier molecular flexibility index (Phi) is 5.98. The van der Waals surface area contributed by atoms with Gasteiger partial charge in [-0.3, -0.25) is 9.78 Å². The molecule has 0 spiro atoms. The van der Waals surface area contributed by atoms with Crippen LogP contribution in [-0.4, -0.2) is 29.3 Å². The molecule has 0 unspecified atom stereocenters. The Morgan fingerprint density at radius 2 is 1.93 bits per heavy atom. The van der Waals surface area contributed by atoms with Gasteiger partial charge < -0.3 is 9.47 Å². The molecule has 148 valence electrons. The van der Waals surface area contributed by atoms with E-state index in [1.807, 2.05) is 0 Å². The zero-order valence-electron chi connectivity index (χ0n) is 15.6. The molecule has 3 aromatic rings. The van der Waals surface area contributed by atoms with Crippen LogP contribution < -0.4 is 20.5 Å². The maximum Gasteiger partial charge on any atom is 0.343 e. The Balaban J connectivity index is 1.71. The molecule has 0 aliphatic rings. The summed E-state index contributed by atoms with van der Waals surface area (Å²) >= 11 is 0. The van der Waals surface area contributed by atoms with E-state index in [-0.39, 0.29) is 22.8 Å². The average molecular weight is 396 g/mol. The highest BCUT2D eigenvalue weighted by molar-refractivity contribution is 5.91. The molecule has 0 atom stereocenters. The van der Waals surface area contributed by atoms with Gasteiger partial charge in [0.05, 0.1) is 18.9 Å². The zero-order valence-corrected chi connectivity index (χ0v) is 15.6. The van der Waals surface area contributed by atoms with Crippen molar-refractivity contribution in [3.63, 3.8) is 0 Å². The molecule has 3 rings (SSSR count). The second-order valence-corrected chi connectivity index (χ2v) is 5.91. The molecule has 0 radical (unpaired) electrons. The summed E-state index contributed by atoms with van der Waals surface area (Å²) in [5, 5.41) is 4.01. The first-order valence-corrected chi connectivity index (χ1v) is 8.47. The first-order chi connectivity index (χ1) is 13.9. The lowest BCUT2D eigenvalue weighted by molar-refractivity contribution is 0.0729. The van der Waals surface area contributed by atoms with Gasteiger partial charge in [0.1, 0.15) is 5.82 Å². The topological polar surface area (TPSA) is 106 Å². The van der Waals surface area contributed by atoms with E-state index in [4.69, 9.17) is 9.47 Å². The Bertz CT molecular complexity index is 1110. The summed E-state index contributed by atoms with van der Waals surface area (Å²) in [5.74, 6) is -0.353. The summed E-state index contributed by atoms with van der Waals surface area (Å²) in [5.41, 5.74) is 3.75. The summed E-state index contributed by atoms with van der Waals surface area (Å²) < 4.78 is 23.6. The van der Waals surface area contributed by atoms with Crippen molar-refractivity contribution in [3.8, 4) is 11.5 Å². The summed E-state index contributed by atoms with van der Waals surface area (Å²) in [6.07, 6.45) is 1.48. The summed E-state index contributed by atoms with van der Waals surface area (Å²) in [6.45, 7) is 1.70. The fraction of sp³-hybridized carbons (Fsp3) is 0.100. The molecule has 0 bridgehead atoms. The Labute approximate surface area is 165 Å². The molecule has 0 saturated heterocycles. The minimum Gasteiger partial charge on any atom is -0.493 e. The highest BCUT2D eigenvalue weighted by Gasteiger charge is 2.13. The second-order valence-electron chi connectivity index (χ2n) is 5.91. The van der Waals surface area contributed by atoms with Crippen LogP contribution >= 0.6 is 0 Å². The van der Waals surface area contributed by atoms with Crippen molar-refractivity contribution in [1.29, 1.82) is 0 Å². The van der Waals surface area contributed by atoms with E-state index in [0.717, 1.165) is 0 Å². The van der Waals surface area contributed by atoms with E-state index < -0.39 is 11.8 Å². The number of rotatable bonds is 6. The quantitative estimate of drug-likeness (QED) is 0.287. The number of nitrogens with zero attached hydrogens (tertiary/aromatic N) is 2. The number of halogens is 1. The number of H-pyrrole nitrogens is 1. The predicted molar refractivity (Wildman–Crippen MR) is 105 cm³/mol. The largest absolute Gasteiger partial charge is 0.493 e. The van der Waals surface area contributed by atoms with Crippen LogP contribution in [0.3, 0.4) is 0 Å². The molecule has 0 aliphatic heterocycles. The second kappa shape index (κ2) is 8.79. The van der Waals surface area contributed by atoms with E-state index in [1.54, 1.807) is 25.1 Å². The van der Waals surface area contributed by atoms with Gasteiger partial charge in [-0.1, -0.05) is 0 Å². The van der Waals surface area contributed by atoms with Crippen molar-refractivity contribution in [2.24, 2.45) is 5.10 Å². The fourth-order valence-electron chi connectivity index (χ4n) is 2.39. The predicted octanol–water partition coefficient (Wildman–Crippen LogP) is 2.89. The molecule has 8 nitrogen and oxygen atoms in total. The number of hydrazone groups is 1. The third-order valence-corrected chi connectivity index (χ3v) is 3.72. The smallest absolute Gasteiger partial charge is 0.343 e. The van der Waals surface area contributed by atoms with Gasteiger partial charge in [-0.25, -0.2) is 19.6 Å². The number of hydrogen-bond acceptors (Lipinski definition) is 7. The van der Waals surface area contributed by atoms with E-state index in [2.05, 4.69) is 20.5 Å². The number of ether oxygens (including phenoxy) is 2. The summed E-state index contributed by atoms with van der Waals surface area (Å²) in [4.78, 5) is 30.2. The van der Waals surface area contributed by atoms with Gasteiger partial charge >= 0.3 is 5.97 Å². The normalized spacial score (nSPS) is 10.7. The number of aromatic nitrogens is 2. The lowest BCUT2D eigenvalue weighted by Gasteiger charge is -2.10. The number of aromatic amines is 1. The monoisotopic (exact) mass is 396 g/mol. The van der Waals surface area contributed by atoms with Gasteiger partial charge in [-0.2, -0.15) is 5.10 Å². The van der Waals surface area contributed by atoms with E-state index in [0.29, 0.717) is 17.0 Å². The van der Waals surface area contributed by atoms with Crippen molar-refractivity contribution in [3.05, 3.63) is 81.5 Å². The van der Waals surface area contributed by atoms with Crippen LogP contribution in [0.2, 0.25) is 0 Å². The molecule has 2 N–H and O–H groups in total. The SMILES string of the molecule is COc1cc(/C=N\Nc2nc(C)cc(=O)[nH]2)ccc1OC(=O)c1ccc(F)cc1. The Hall–Kier alpha value is -4.01. The van der Waals surface area contributed by atoms with Crippen LogP contribution in [0.5, 0.6) is 11.5 Å². The van der Waals surface area contributed by atoms with Crippen molar-refractivity contribution >= 4 is 18.1 Å². The van der Waals surface area contributed by atoms with E-state index in [1.165, 1.54) is 43.7 Å². The molecule has 9 heteroatoms. The van der Waals surface area contributed by atoms with Gasteiger partial charge in [-0.05, 0) is 55.0 Å².